The highest BCUT2D eigenvalue weighted by Crippen LogP contribution is 2.34. The van der Waals surface area contributed by atoms with Gasteiger partial charge in [-0.3, -0.25) is 4.79 Å². The minimum Gasteiger partial charge on any atom is -0.479 e. The fourth-order valence-electron chi connectivity index (χ4n) is 2.62. The zero-order chi connectivity index (χ0) is 15.6. The average molecular weight is 295 g/mol. The van der Waals surface area contributed by atoms with Crippen molar-refractivity contribution in [1.29, 1.82) is 0 Å². The average Bonchev–Trinajstić information content (AvgIpc) is 3.39. The lowest BCUT2D eigenvalue weighted by Gasteiger charge is -2.31. The summed E-state index contributed by atoms with van der Waals surface area (Å²) in [6.45, 7) is 0. The summed E-state index contributed by atoms with van der Waals surface area (Å²) in [7, 11) is 0. The summed E-state index contributed by atoms with van der Waals surface area (Å²) in [4.78, 5) is 24.5. The number of carboxylic acids is 1. The topological polar surface area (TPSA) is 66.4 Å². The van der Waals surface area contributed by atoms with Gasteiger partial charge in [0, 0.05) is 5.92 Å². The number of hydrogen-bond acceptors (Lipinski definition) is 2. The van der Waals surface area contributed by atoms with E-state index in [1.54, 1.807) is 48.5 Å². The Hall–Kier alpha value is -2.62. The van der Waals surface area contributed by atoms with Crippen molar-refractivity contribution < 1.29 is 14.7 Å². The second-order valence-corrected chi connectivity index (χ2v) is 5.55. The van der Waals surface area contributed by atoms with Crippen LogP contribution < -0.4 is 5.32 Å². The van der Waals surface area contributed by atoms with Crippen molar-refractivity contribution in [3.05, 3.63) is 71.8 Å². The summed E-state index contributed by atoms with van der Waals surface area (Å²) in [6, 6.07) is 17.7. The minimum atomic E-state index is -1.55. The molecule has 0 aliphatic heterocycles. The van der Waals surface area contributed by atoms with Crippen LogP contribution in [0.2, 0.25) is 0 Å². The van der Waals surface area contributed by atoms with Gasteiger partial charge >= 0.3 is 5.97 Å². The van der Waals surface area contributed by atoms with Crippen LogP contribution in [0, 0.1) is 5.92 Å². The third kappa shape index (κ3) is 2.48. The second kappa shape index (κ2) is 5.64. The highest BCUT2D eigenvalue weighted by atomic mass is 16.4. The van der Waals surface area contributed by atoms with Gasteiger partial charge in [0.05, 0.1) is 0 Å². The number of benzene rings is 2. The Balaban J connectivity index is 2.14. The van der Waals surface area contributed by atoms with Crippen molar-refractivity contribution in [2.45, 2.75) is 18.4 Å². The van der Waals surface area contributed by atoms with Gasteiger partial charge in [-0.1, -0.05) is 60.7 Å². The summed E-state index contributed by atoms with van der Waals surface area (Å²) in [5.41, 5.74) is -0.465. The molecule has 22 heavy (non-hydrogen) atoms. The van der Waals surface area contributed by atoms with Crippen LogP contribution in [-0.2, 0) is 15.1 Å². The number of aliphatic carboxylic acids is 1. The lowest BCUT2D eigenvalue weighted by Crippen LogP contribution is -2.53. The van der Waals surface area contributed by atoms with Gasteiger partial charge in [0.15, 0.2) is 5.54 Å². The van der Waals surface area contributed by atoms with E-state index in [0.29, 0.717) is 11.1 Å². The molecule has 0 unspecified atom stereocenters. The van der Waals surface area contributed by atoms with Crippen molar-refractivity contribution in [3.8, 4) is 0 Å². The molecule has 1 fully saturated rings. The Morgan fingerprint density at radius 3 is 1.73 bits per heavy atom. The van der Waals surface area contributed by atoms with E-state index in [2.05, 4.69) is 5.32 Å². The Morgan fingerprint density at radius 2 is 1.36 bits per heavy atom. The maximum Gasteiger partial charge on any atom is 0.338 e. The molecule has 0 heterocycles. The van der Waals surface area contributed by atoms with Gasteiger partial charge in [0.25, 0.3) is 0 Å². The predicted molar refractivity (Wildman–Crippen MR) is 82.2 cm³/mol. The van der Waals surface area contributed by atoms with Crippen LogP contribution in [0.15, 0.2) is 60.7 Å². The first-order chi connectivity index (χ1) is 10.6. The van der Waals surface area contributed by atoms with Gasteiger partial charge in [-0.2, -0.15) is 0 Å². The summed E-state index contributed by atoms with van der Waals surface area (Å²) in [5, 5.41) is 12.8. The Bertz CT molecular complexity index is 638. The summed E-state index contributed by atoms with van der Waals surface area (Å²) in [5.74, 6) is -1.35. The molecule has 0 bridgehead atoms. The van der Waals surface area contributed by atoms with E-state index in [1.165, 1.54) is 0 Å². The molecule has 2 N–H and O–H groups in total. The number of nitrogens with one attached hydrogen (secondary N) is 1. The van der Waals surface area contributed by atoms with Crippen LogP contribution in [0.4, 0.5) is 0 Å². The smallest absolute Gasteiger partial charge is 0.338 e. The molecule has 0 radical (unpaired) electrons. The van der Waals surface area contributed by atoms with Crippen LogP contribution >= 0.6 is 0 Å². The quantitative estimate of drug-likeness (QED) is 0.891. The van der Waals surface area contributed by atoms with Crippen LogP contribution in [0.25, 0.3) is 0 Å². The lowest BCUT2D eigenvalue weighted by atomic mass is 9.82. The summed E-state index contributed by atoms with van der Waals surface area (Å²) >= 11 is 0. The molecule has 4 nitrogen and oxygen atoms in total. The predicted octanol–water partition coefficient (Wildman–Crippen LogP) is 2.54. The molecule has 1 aliphatic carbocycles. The SMILES string of the molecule is O=C(NC(C(=O)O)(c1ccccc1)c1ccccc1)C1CC1. The molecule has 1 saturated carbocycles. The van der Waals surface area contributed by atoms with Crippen LogP contribution in [0.5, 0.6) is 0 Å². The highest BCUT2D eigenvalue weighted by molar-refractivity contribution is 5.93. The zero-order valence-electron chi connectivity index (χ0n) is 12.0. The maximum absolute atomic E-state index is 12.3. The van der Waals surface area contributed by atoms with Crippen LogP contribution in [0.3, 0.4) is 0 Å². The van der Waals surface area contributed by atoms with E-state index in [-0.39, 0.29) is 11.8 Å². The van der Waals surface area contributed by atoms with Crippen molar-refractivity contribution in [3.63, 3.8) is 0 Å². The van der Waals surface area contributed by atoms with Crippen LogP contribution in [-0.4, -0.2) is 17.0 Å². The Morgan fingerprint density at radius 1 is 0.909 bits per heavy atom. The number of carboxylic acid groups (broad SMARTS) is 1. The molecule has 1 aliphatic rings. The number of amides is 1. The molecule has 4 heteroatoms. The standard InChI is InChI=1S/C18H17NO3/c20-16(13-11-12-13)19-18(17(21)22,14-7-3-1-4-8-14)15-9-5-2-6-10-15/h1-10,13H,11-12H2,(H,19,20)(H,21,22). The van der Waals surface area contributed by atoms with Crippen molar-refractivity contribution in [1.82, 2.24) is 5.32 Å². The molecule has 1 amide bonds. The fourth-order valence-corrected chi connectivity index (χ4v) is 2.62. The van der Waals surface area contributed by atoms with Gasteiger partial charge < -0.3 is 10.4 Å². The molecule has 112 valence electrons. The first-order valence-electron chi connectivity index (χ1n) is 7.31. The lowest BCUT2D eigenvalue weighted by molar-refractivity contribution is -0.146. The highest BCUT2D eigenvalue weighted by Gasteiger charge is 2.46. The third-order valence-corrected chi connectivity index (χ3v) is 3.99. The van der Waals surface area contributed by atoms with Crippen molar-refractivity contribution in [2.75, 3.05) is 0 Å². The molecule has 0 aromatic heterocycles. The maximum atomic E-state index is 12.3. The minimum absolute atomic E-state index is 0.0638. The first kappa shape index (κ1) is 14.3. The number of hydrogen-bond donors (Lipinski definition) is 2. The molecule has 0 atom stereocenters. The molecule has 2 aromatic rings. The normalized spacial score (nSPS) is 14.4. The summed E-state index contributed by atoms with van der Waals surface area (Å²) < 4.78 is 0. The third-order valence-electron chi connectivity index (χ3n) is 3.99. The van der Waals surface area contributed by atoms with Gasteiger partial charge in [-0.15, -0.1) is 0 Å². The fraction of sp³-hybridized carbons (Fsp3) is 0.222. The number of rotatable bonds is 5. The van der Waals surface area contributed by atoms with Gasteiger partial charge in [0.1, 0.15) is 0 Å². The van der Waals surface area contributed by atoms with Gasteiger partial charge in [0.2, 0.25) is 5.91 Å². The molecule has 3 rings (SSSR count). The van der Waals surface area contributed by atoms with E-state index in [0.717, 1.165) is 12.8 Å². The molecule has 2 aromatic carbocycles. The van der Waals surface area contributed by atoms with E-state index in [4.69, 9.17) is 0 Å². The molecule has 0 spiro atoms. The second-order valence-electron chi connectivity index (χ2n) is 5.55. The Kier molecular flexibility index (Phi) is 3.67. The monoisotopic (exact) mass is 295 g/mol. The summed E-state index contributed by atoms with van der Waals surface area (Å²) in [6.07, 6.45) is 1.65. The number of carbonyl (C=O) groups is 2. The van der Waals surface area contributed by atoms with Crippen molar-refractivity contribution in [2.24, 2.45) is 5.92 Å². The molecular weight excluding hydrogens is 278 g/mol. The van der Waals surface area contributed by atoms with Crippen molar-refractivity contribution >= 4 is 11.9 Å². The van der Waals surface area contributed by atoms with E-state index in [1.807, 2.05) is 12.1 Å². The largest absolute Gasteiger partial charge is 0.479 e. The van der Waals surface area contributed by atoms with Crippen LogP contribution in [0.1, 0.15) is 24.0 Å². The number of carbonyl (C=O) groups excluding carboxylic acids is 1. The van der Waals surface area contributed by atoms with E-state index >= 15 is 0 Å². The van der Waals surface area contributed by atoms with Gasteiger partial charge in [-0.25, -0.2) is 4.79 Å². The van der Waals surface area contributed by atoms with Gasteiger partial charge in [-0.05, 0) is 24.0 Å². The zero-order valence-corrected chi connectivity index (χ0v) is 12.0. The molecular formula is C18H17NO3. The Labute approximate surface area is 128 Å². The van der Waals surface area contributed by atoms with E-state index in [9.17, 15) is 14.7 Å². The molecule has 0 saturated heterocycles. The van der Waals surface area contributed by atoms with E-state index < -0.39 is 11.5 Å². The first-order valence-corrected chi connectivity index (χ1v) is 7.31.